The van der Waals surface area contributed by atoms with E-state index in [1.807, 2.05) is 41.5 Å². The molecule has 0 bridgehead atoms. The van der Waals surface area contributed by atoms with Crippen molar-refractivity contribution in [3.05, 3.63) is 0 Å². The molecule has 3 unspecified atom stereocenters. The fourth-order valence-electron chi connectivity index (χ4n) is 1.91. The highest BCUT2D eigenvalue weighted by molar-refractivity contribution is 7.80. The van der Waals surface area contributed by atoms with Crippen molar-refractivity contribution < 1.29 is 33.4 Å². The van der Waals surface area contributed by atoms with Crippen LogP contribution >= 0.6 is 21.2 Å². The van der Waals surface area contributed by atoms with Crippen LogP contribution in [-0.4, -0.2) is 78.8 Å². The summed E-state index contributed by atoms with van der Waals surface area (Å²) in [6, 6.07) is -0.560. The van der Waals surface area contributed by atoms with Crippen LogP contribution in [0, 0.1) is 5.41 Å². The Balaban J connectivity index is -0.000000689. The van der Waals surface area contributed by atoms with Crippen molar-refractivity contribution in [1.29, 1.82) is 0 Å². The lowest BCUT2D eigenvalue weighted by Gasteiger charge is -2.29. The number of amides is 2. The van der Waals surface area contributed by atoms with Gasteiger partial charge < -0.3 is 35.0 Å². The maximum absolute atomic E-state index is 12.1. The van der Waals surface area contributed by atoms with Gasteiger partial charge in [-0.15, -0.1) is 0 Å². The molecular formula is C22H50N3O7PS. The standard InChI is InChI=1S/C16H32N3O7PS.3C2H6/c1-11(20)12(17-4)9-25-27(24)26-10-16(2,3)14(22)15(23)19-6-5-13(21)18-7-8-28;3*1-2/h12,14,17,22,24,28H,5-10H2,1-4H3,(H,18,21)(H,19,23);3*1-2H3. The number of thiol groups is 1. The van der Waals surface area contributed by atoms with Crippen molar-refractivity contribution in [3.8, 4) is 0 Å². The molecule has 3 atom stereocenters. The van der Waals surface area contributed by atoms with Crippen LogP contribution < -0.4 is 16.0 Å². The Morgan fingerprint density at radius 1 is 1.00 bits per heavy atom. The third kappa shape index (κ3) is 21.7. The highest BCUT2D eigenvalue weighted by Gasteiger charge is 2.35. The first-order chi connectivity index (χ1) is 16.0. The quantitative estimate of drug-likeness (QED) is 0.140. The molecular weight excluding hydrogens is 481 g/mol. The van der Waals surface area contributed by atoms with Gasteiger partial charge >= 0.3 is 8.60 Å². The van der Waals surface area contributed by atoms with Gasteiger partial charge in [0.2, 0.25) is 11.8 Å². The van der Waals surface area contributed by atoms with E-state index in [-0.39, 0.29) is 37.9 Å². The summed E-state index contributed by atoms with van der Waals surface area (Å²) in [6.07, 6.45) is -1.33. The van der Waals surface area contributed by atoms with E-state index in [0.29, 0.717) is 12.3 Å². The normalized spacial score (nSPS) is 12.7. The van der Waals surface area contributed by atoms with Gasteiger partial charge in [-0.05, 0) is 14.0 Å². The second-order valence-corrected chi connectivity index (χ2v) is 8.20. The van der Waals surface area contributed by atoms with Gasteiger partial charge in [-0.2, -0.15) is 12.6 Å². The van der Waals surface area contributed by atoms with Crippen LogP contribution in [0.25, 0.3) is 0 Å². The van der Waals surface area contributed by atoms with Crippen molar-refractivity contribution in [2.45, 2.75) is 80.9 Å². The molecule has 0 aliphatic heterocycles. The molecule has 0 heterocycles. The van der Waals surface area contributed by atoms with Crippen molar-refractivity contribution in [2.24, 2.45) is 5.41 Å². The number of ketones is 1. The molecule has 0 aliphatic carbocycles. The molecule has 0 saturated heterocycles. The van der Waals surface area contributed by atoms with E-state index in [0.717, 1.165) is 0 Å². The van der Waals surface area contributed by atoms with Crippen LogP contribution in [-0.2, 0) is 23.4 Å². The van der Waals surface area contributed by atoms with Crippen molar-refractivity contribution in [3.63, 3.8) is 0 Å². The van der Waals surface area contributed by atoms with Crippen LogP contribution in [0.5, 0.6) is 0 Å². The molecule has 2 amide bonds. The molecule has 206 valence electrons. The summed E-state index contributed by atoms with van der Waals surface area (Å²) in [7, 11) is -0.677. The van der Waals surface area contributed by atoms with E-state index in [1.165, 1.54) is 6.92 Å². The van der Waals surface area contributed by atoms with Gasteiger partial charge in [-0.1, -0.05) is 55.4 Å². The van der Waals surface area contributed by atoms with E-state index >= 15 is 0 Å². The minimum Gasteiger partial charge on any atom is -0.383 e. The SMILES string of the molecule is CC.CC.CC.CNC(COP(O)OCC(C)(C)C(O)C(=O)NCCC(=O)NCCS)C(C)=O. The Bertz CT molecular complexity index is 515. The van der Waals surface area contributed by atoms with Gasteiger partial charge in [0, 0.05) is 30.7 Å². The summed E-state index contributed by atoms with van der Waals surface area (Å²) < 4.78 is 10.3. The summed E-state index contributed by atoms with van der Waals surface area (Å²) in [6.45, 7) is 16.9. The molecule has 0 rings (SSSR count). The van der Waals surface area contributed by atoms with E-state index in [2.05, 4.69) is 28.6 Å². The zero-order chi connectivity index (χ0) is 27.7. The summed E-state index contributed by atoms with van der Waals surface area (Å²) in [5.41, 5.74) is -1.02. The molecule has 0 saturated carbocycles. The van der Waals surface area contributed by atoms with Crippen LogP contribution in [0.15, 0.2) is 0 Å². The first-order valence-electron chi connectivity index (χ1n) is 11.8. The van der Waals surface area contributed by atoms with Crippen LogP contribution in [0.4, 0.5) is 0 Å². The molecule has 0 aromatic rings. The summed E-state index contributed by atoms with van der Waals surface area (Å²) in [5, 5.41) is 18.1. The first-order valence-corrected chi connectivity index (χ1v) is 13.6. The lowest BCUT2D eigenvalue weighted by atomic mass is 9.87. The Morgan fingerprint density at radius 2 is 1.53 bits per heavy atom. The number of hydrogen-bond acceptors (Lipinski definition) is 9. The number of nitrogens with one attached hydrogen (secondary N) is 3. The van der Waals surface area contributed by atoms with Crippen LogP contribution in [0.2, 0.25) is 0 Å². The largest absolute Gasteiger partial charge is 0.383 e. The summed E-state index contributed by atoms with van der Waals surface area (Å²) >= 11 is 3.98. The number of likely N-dealkylation sites (N-methyl/N-ethyl adjacent to an activating group) is 1. The minimum absolute atomic E-state index is 0.0627. The Labute approximate surface area is 213 Å². The smallest absolute Gasteiger partial charge is 0.329 e. The van der Waals surface area contributed by atoms with Gasteiger partial charge in [-0.25, -0.2) is 0 Å². The Hall–Kier alpha value is -0.810. The average Bonchev–Trinajstić information content (AvgIpc) is 2.84. The van der Waals surface area contributed by atoms with Crippen molar-refractivity contribution >= 4 is 38.8 Å². The number of rotatable bonds is 15. The van der Waals surface area contributed by atoms with E-state index < -0.39 is 32.1 Å². The maximum Gasteiger partial charge on any atom is 0.329 e. The van der Waals surface area contributed by atoms with Crippen molar-refractivity contribution in [1.82, 2.24) is 16.0 Å². The molecule has 0 aliphatic rings. The molecule has 5 N–H and O–H groups in total. The predicted octanol–water partition coefficient (Wildman–Crippen LogP) is 2.43. The third-order valence-electron chi connectivity index (χ3n) is 3.81. The van der Waals surface area contributed by atoms with Gasteiger partial charge in [-0.3, -0.25) is 14.4 Å². The van der Waals surface area contributed by atoms with Gasteiger partial charge in [0.1, 0.15) is 11.9 Å². The van der Waals surface area contributed by atoms with Gasteiger partial charge in [0.05, 0.1) is 19.3 Å². The molecule has 12 heteroatoms. The fraction of sp³-hybridized carbons (Fsp3) is 0.864. The predicted molar refractivity (Wildman–Crippen MR) is 143 cm³/mol. The number of hydrogen-bond donors (Lipinski definition) is 6. The van der Waals surface area contributed by atoms with Crippen LogP contribution in [0.3, 0.4) is 0 Å². The molecule has 0 fully saturated rings. The number of carbonyl (C=O) groups excluding carboxylic acids is 3. The number of aliphatic hydroxyl groups is 1. The third-order valence-corrected chi connectivity index (χ3v) is 4.76. The molecule has 0 aromatic heterocycles. The molecule has 0 aromatic carbocycles. The molecule has 10 nitrogen and oxygen atoms in total. The highest BCUT2D eigenvalue weighted by Crippen LogP contribution is 2.36. The zero-order valence-corrected chi connectivity index (χ0v) is 24.5. The van der Waals surface area contributed by atoms with E-state index in [1.54, 1.807) is 20.9 Å². The monoisotopic (exact) mass is 531 g/mol. The summed E-state index contributed by atoms with van der Waals surface area (Å²) in [5.74, 6) is -0.491. The van der Waals surface area contributed by atoms with Crippen molar-refractivity contribution in [2.75, 3.05) is 39.1 Å². The lowest BCUT2D eigenvalue weighted by Crippen LogP contribution is -2.46. The van der Waals surface area contributed by atoms with E-state index in [9.17, 15) is 24.4 Å². The number of aliphatic hydroxyl groups excluding tert-OH is 1. The fourth-order valence-corrected chi connectivity index (χ4v) is 2.82. The highest BCUT2D eigenvalue weighted by atomic mass is 32.1. The second-order valence-electron chi connectivity index (χ2n) is 6.76. The first kappa shape index (κ1) is 40.4. The number of carbonyl (C=O) groups is 3. The topological polar surface area (TPSA) is 146 Å². The molecule has 0 spiro atoms. The van der Waals surface area contributed by atoms with E-state index in [4.69, 9.17) is 9.05 Å². The zero-order valence-electron chi connectivity index (χ0n) is 22.7. The number of Topliss-reactive ketones (excluding diaryl/α,β-unsaturated/α-hetero) is 1. The maximum atomic E-state index is 12.1. The molecule has 34 heavy (non-hydrogen) atoms. The summed E-state index contributed by atoms with van der Waals surface area (Å²) in [4.78, 5) is 44.6. The average molecular weight is 532 g/mol. The minimum atomic E-state index is -2.27. The Morgan fingerprint density at radius 3 is 1.97 bits per heavy atom. The van der Waals surface area contributed by atoms with Crippen LogP contribution in [0.1, 0.15) is 68.7 Å². The van der Waals surface area contributed by atoms with Gasteiger partial charge in [0.15, 0.2) is 0 Å². The molecule has 0 radical (unpaired) electrons. The lowest BCUT2D eigenvalue weighted by molar-refractivity contribution is -0.137. The Kier molecular flexibility index (Phi) is 31.8. The van der Waals surface area contributed by atoms with Gasteiger partial charge in [0.25, 0.3) is 0 Å². The second kappa shape index (κ2) is 26.8.